The Morgan fingerprint density at radius 3 is 1.88 bits per heavy atom. The number of carbonyl (C=O) groups excluding carboxylic acids is 7. The van der Waals surface area contributed by atoms with Gasteiger partial charge in [-0.15, -0.1) is 0 Å². The average molecular weight is 610 g/mol. The third kappa shape index (κ3) is 10.1. The molecule has 1 aliphatic heterocycles. The van der Waals surface area contributed by atoms with Gasteiger partial charge in [-0.25, -0.2) is 14.0 Å². The van der Waals surface area contributed by atoms with Crippen LogP contribution in [-0.2, 0) is 66.7 Å². The predicted molar refractivity (Wildman–Crippen MR) is 133 cm³/mol. The molecule has 1 saturated heterocycles. The summed E-state index contributed by atoms with van der Waals surface area (Å²) in [6.07, 6.45) is -11.9. The molecular formula is C25H36FNO15. The maximum Gasteiger partial charge on any atom is 0.407 e. The highest BCUT2D eigenvalue weighted by molar-refractivity contribution is 5.83. The number of hydrogen-bond donors (Lipinski definition) is 1. The molecule has 0 saturated carbocycles. The van der Waals surface area contributed by atoms with E-state index in [4.69, 9.17) is 33.2 Å². The van der Waals surface area contributed by atoms with Crippen LogP contribution in [0.3, 0.4) is 0 Å². The fraction of sp³-hybridized carbons (Fsp3) is 0.720. The third-order valence-electron chi connectivity index (χ3n) is 5.33. The zero-order valence-corrected chi connectivity index (χ0v) is 24.5. The molecule has 1 heterocycles. The van der Waals surface area contributed by atoms with Crippen molar-refractivity contribution in [3.63, 3.8) is 0 Å². The number of nitrogens with one attached hydrogen (secondary N) is 1. The molecule has 0 spiro atoms. The van der Waals surface area contributed by atoms with Crippen LogP contribution in [0, 0.1) is 5.92 Å². The van der Waals surface area contributed by atoms with Gasteiger partial charge >= 0.3 is 47.7 Å². The highest BCUT2D eigenvalue weighted by Crippen LogP contribution is 2.39. The fourth-order valence-corrected chi connectivity index (χ4v) is 3.90. The van der Waals surface area contributed by atoms with Crippen LogP contribution in [0.5, 0.6) is 0 Å². The van der Waals surface area contributed by atoms with Crippen molar-refractivity contribution >= 4 is 41.9 Å². The van der Waals surface area contributed by atoms with E-state index in [1.807, 2.05) is 0 Å². The molecular weight excluding hydrogens is 573 g/mol. The van der Waals surface area contributed by atoms with Crippen LogP contribution in [0.15, 0.2) is 0 Å². The molecule has 0 radical (unpaired) electrons. The zero-order chi connectivity index (χ0) is 32.4. The highest BCUT2D eigenvalue weighted by Gasteiger charge is 2.67. The summed E-state index contributed by atoms with van der Waals surface area (Å²) in [6, 6.07) is -1.88. The van der Waals surface area contributed by atoms with E-state index in [0.29, 0.717) is 0 Å². The van der Waals surface area contributed by atoms with Crippen molar-refractivity contribution in [2.45, 2.75) is 90.9 Å². The van der Waals surface area contributed by atoms with Crippen LogP contribution < -0.4 is 5.32 Å². The smallest absolute Gasteiger partial charge is 0.407 e. The molecule has 0 aromatic carbocycles. The van der Waals surface area contributed by atoms with Crippen molar-refractivity contribution in [3.8, 4) is 0 Å². The number of rotatable bonds is 12. The van der Waals surface area contributed by atoms with Gasteiger partial charge in [-0.05, 0) is 5.92 Å². The van der Waals surface area contributed by atoms with Crippen molar-refractivity contribution in [2.75, 3.05) is 20.3 Å². The van der Waals surface area contributed by atoms with E-state index in [2.05, 4.69) is 10.1 Å². The van der Waals surface area contributed by atoms with Gasteiger partial charge in [0.15, 0.2) is 18.3 Å². The molecule has 17 heteroatoms. The van der Waals surface area contributed by atoms with E-state index in [0.717, 1.165) is 41.7 Å². The first-order valence-electron chi connectivity index (χ1n) is 12.6. The quantitative estimate of drug-likeness (QED) is 0.233. The van der Waals surface area contributed by atoms with Gasteiger partial charge in [0.1, 0.15) is 18.8 Å². The molecule has 42 heavy (non-hydrogen) atoms. The van der Waals surface area contributed by atoms with Crippen LogP contribution in [0.2, 0.25) is 0 Å². The van der Waals surface area contributed by atoms with Crippen molar-refractivity contribution < 1.29 is 75.8 Å². The number of alkyl halides is 1. The summed E-state index contributed by atoms with van der Waals surface area (Å²) in [4.78, 5) is 85.5. The molecule has 0 bridgehead atoms. The Bertz CT molecular complexity index is 1030. The normalized spacial score (nSPS) is 24.7. The average Bonchev–Trinajstić information content (AvgIpc) is 2.86. The van der Waals surface area contributed by atoms with Crippen LogP contribution in [-0.4, -0.2) is 105 Å². The Balaban J connectivity index is 3.97. The van der Waals surface area contributed by atoms with Crippen molar-refractivity contribution in [1.29, 1.82) is 0 Å². The summed E-state index contributed by atoms with van der Waals surface area (Å²) in [7, 11) is 0.805. The van der Waals surface area contributed by atoms with E-state index >= 15 is 4.39 Å². The second kappa shape index (κ2) is 15.8. The Morgan fingerprint density at radius 1 is 0.833 bits per heavy atom. The molecule has 0 aromatic heterocycles. The minimum atomic E-state index is -3.30. The second-order valence-corrected chi connectivity index (χ2v) is 9.50. The maximum atomic E-state index is 16.3. The minimum absolute atomic E-state index is 0.114. The van der Waals surface area contributed by atoms with Gasteiger partial charge in [-0.1, -0.05) is 13.8 Å². The minimum Gasteiger partial charge on any atom is -0.464 e. The largest absolute Gasteiger partial charge is 0.464 e. The van der Waals surface area contributed by atoms with Crippen LogP contribution in [0.1, 0.15) is 48.5 Å². The van der Waals surface area contributed by atoms with Crippen LogP contribution in [0.4, 0.5) is 9.18 Å². The summed E-state index contributed by atoms with van der Waals surface area (Å²) < 4.78 is 57.1. The number of amides is 1. The predicted octanol–water partition coefficient (Wildman–Crippen LogP) is 0.265. The molecule has 1 aliphatic rings. The monoisotopic (exact) mass is 609 g/mol. The lowest BCUT2D eigenvalue weighted by atomic mass is 9.86. The van der Waals surface area contributed by atoms with E-state index in [1.165, 1.54) is 0 Å². The number of ether oxygens (including phenoxy) is 8. The third-order valence-corrected chi connectivity index (χ3v) is 5.33. The molecule has 238 valence electrons. The van der Waals surface area contributed by atoms with Gasteiger partial charge in [-0.3, -0.25) is 24.0 Å². The molecule has 16 nitrogen and oxygen atoms in total. The molecule has 1 rings (SSSR count). The lowest BCUT2D eigenvalue weighted by molar-refractivity contribution is -0.326. The van der Waals surface area contributed by atoms with Gasteiger partial charge in [0.2, 0.25) is 6.17 Å². The lowest BCUT2D eigenvalue weighted by Crippen LogP contribution is -2.74. The Labute approximate surface area is 240 Å². The van der Waals surface area contributed by atoms with E-state index in [-0.39, 0.29) is 12.5 Å². The standard InChI is InChI=1S/C25H36FNO15/c1-11(2)9-37-24(34)27-18-20(19(39-14(5)30)17(38-13(4)29)10-36-12(3)28)42-25(23(33)35-8,41-16(7)32)22(26)21(18)40-15(6)31/h11,17-22H,9-10H2,1-8H3,(H,27,34)/t17-,18+,19-,20-,21-,22-,25?/m1/s1. The summed E-state index contributed by atoms with van der Waals surface area (Å²) in [5, 5.41) is 2.25. The van der Waals surface area contributed by atoms with Gasteiger partial charge in [0.25, 0.3) is 0 Å². The van der Waals surface area contributed by atoms with Gasteiger partial charge in [0.05, 0.1) is 13.7 Å². The second-order valence-electron chi connectivity index (χ2n) is 9.50. The number of hydrogen-bond acceptors (Lipinski definition) is 15. The van der Waals surface area contributed by atoms with Crippen molar-refractivity contribution in [2.24, 2.45) is 5.92 Å². The maximum absolute atomic E-state index is 16.3. The van der Waals surface area contributed by atoms with Crippen molar-refractivity contribution in [3.05, 3.63) is 0 Å². The first kappa shape index (κ1) is 36.0. The number of halogens is 1. The molecule has 1 amide bonds. The SMILES string of the molecule is COC(=O)C1(OC(C)=O)O[C@@H]([C@H](OC(C)=O)[C@@H](COC(C)=O)OC(C)=O)[C@H](NC(=O)OCC(C)C)[C@@H](OC(C)=O)[C@H]1F. The molecule has 1 fully saturated rings. The van der Waals surface area contributed by atoms with E-state index < -0.39 is 90.9 Å². The molecule has 0 aliphatic carbocycles. The summed E-state index contributed by atoms with van der Waals surface area (Å²) in [6.45, 7) is 7.14. The van der Waals surface area contributed by atoms with Crippen LogP contribution in [0.25, 0.3) is 0 Å². The topological polar surface area (TPSA) is 205 Å². The number of carbonyl (C=O) groups is 7. The van der Waals surface area contributed by atoms with Gasteiger partial charge in [0, 0.05) is 34.6 Å². The lowest BCUT2D eigenvalue weighted by Gasteiger charge is -2.49. The number of esters is 6. The summed E-state index contributed by atoms with van der Waals surface area (Å²) in [5.74, 6) is -10.3. The van der Waals surface area contributed by atoms with E-state index in [9.17, 15) is 33.6 Å². The first-order chi connectivity index (χ1) is 19.4. The molecule has 7 atom stereocenters. The number of methoxy groups -OCH3 is 1. The van der Waals surface area contributed by atoms with Crippen LogP contribution >= 0.6 is 0 Å². The molecule has 1 unspecified atom stereocenters. The molecule has 1 N–H and O–H groups in total. The first-order valence-corrected chi connectivity index (χ1v) is 12.6. The zero-order valence-electron chi connectivity index (χ0n) is 24.5. The Kier molecular flexibility index (Phi) is 13.6. The highest BCUT2D eigenvalue weighted by atomic mass is 19.1. The van der Waals surface area contributed by atoms with Gasteiger partial charge < -0.3 is 43.2 Å². The summed E-state index contributed by atoms with van der Waals surface area (Å²) in [5.41, 5.74) is 0. The Morgan fingerprint density at radius 2 is 1.43 bits per heavy atom. The van der Waals surface area contributed by atoms with Gasteiger partial charge in [-0.2, -0.15) is 0 Å². The Hall–Kier alpha value is -4.02. The van der Waals surface area contributed by atoms with E-state index in [1.54, 1.807) is 13.8 Å². The number of alkyl carbamates (subject to hydrolysis) is 1. The fourth-order valence-electron chi connectivity index (χ4n) is 3.90. The molecule has 0 aromatic rings. The summed E-state index contributed by atoms with van der Waals surface area (Å²) >= 11 is 0. The van der Waals surface area contributed by atoms with Crippen molar-refractivity contribution in [1.82, 2.24) is 5.32 Å².